The van der Waals surface area contributed by atoms with Crippen LogP contribution in [0.3, 0.4) is 0 Å². The molecule has 0 aromatic heterocycles. The molecule has 0 aliphatic carbocycles. The minimum absolute atomic E-state index is 0.452. The van der Waals surface area contributed by atoms with Gasteiger partial charge in [-0.3, -0.25) is 19.8 Å². The zero-order valence-electron chi connectivity index (χ0n) is 19.1. The van der Waals surface area contributed by atoms with Crippen LogP contribution in [-0.2, 0) is 13.1 Å². The molecule has 4 rings (SSSR count). The summed E-state index contributed by atoms with van der Waals surface area (Å²) < 4.78 is 0. The molecule has 6 nitrogen and oxygen atoms in total. The molecule has 3 N–H and O–H groups in total. The topological polar surface area (TPSA) is 67.8 Å². The van der Waals surface area contributed by atoms with E-state index >= 15 is 0 Å². The smallest absolute Gasteiger partial charge is 0.274 e. The van der Waals surface area contributed by atoms with Gasteiger partial charge >= 0.3 is 0 Å². The lowest BCUT2D eigenvalue weighted by Crippen LogP contribution is -2.55. The lowest BCUT2D eigenvalue weighted by atomic mass is 9.94. The average Bonchev–Trinajstić information content (AvgIpc) is 2.82. The van der Waals surface area contributed by atoms with Crippen molar-refractivity contribution in [2.45, 2.75) is 45.4 Å². The molecule has 0 saturated carbocycles. The summed E-state index contributed by atoms with van der Waals surface area (Å²) >= 11 is 0. The molecule has 0 spiro atoms. The van der Waals surface area contributed by atoms with Gasteiger partial charge in [-0.15, -0.1) is 0 Å². The Kier molecular flexibility index (Phi) is 7.37. The van der Waals surface area contributed by atoms with E-state index in [0.29, 0.717) is 17.6 Å². The Balaban J connectivity index is 1.41. The van der Waals surface area contributed by atoms with Crippen molar-refractivity contribution in [3.05, 3.63) is 76.9 Å². The van der Waals surface area contributed by atoms with E-state index in [2.05, 4.69) is 59.3 Å². The summed E-state index contributed by atoms with van der Waals surface area (Å²) in [6, 6.07) is 17.2. The molecule has 0 radical (unpaired) electrons. The normalized spacial score (nSPS) is 22.4. The molecule has 2 aromatic carbocycles. The highest BCUT2D eigenvalue weighted by atomic mass is 16.5. The summed E-state index contributed by atoms with van der Waals surface area (Å²) in [4.78, 5) is 16.7. The molecule has 1 fully saturated rings. The molecule has 170 valence electrons. The van der Waals surface area contributed by atoms with E-state index in [-0.39, 0.29) is 0 Å². The van der Waals surface area contributed by atoms with Crippen molar-refractivity contribution in [1.29, 1.82) is 0 Å². The first-order valence-electron chi connectivity index (χ1n) is 11.5. The number of amides is 1. The monoisotopic (exact) mass is 434 g/mol. The van der Waals surface area contributed by atoms with E-state index in [1.165, 1.54) is 22.3 Å². The summed E-state index contributed by atoms with van der Waals surface area (Å²) in [6.07, 6.45) is 3.43. The summed E-state index contributed by atoms with van der Waals surface area (Å²) in [5.74, 6) is -0.479. The van der Waals surface area contributed by atoms with Gasteiger partial charge in [-0.2, -0.15) is 0 Å². The van der Waals surface area contributed by atoms with Crippen LogP contribution in [0.4, 0.5) is 0 Å². The van der Waals surface area contributed by atoms with E-state index in [4.69, 9.17) is 5.21 Å². The van der Waals surface area contributed by atoms with E-state index in [9.17, 15) is 4.79 Å². The minimum Gasteiger partial charge on any atom is -0.313 e. The van der Waals surface area contributed by atoms with Crippen molar-refractivity contribution in [2.24, 2.45) is 0 Å². The van der Waals surface area contributed by atoms with E-state index < -0.39 is 5.91 Å². The van der Waals surface area contributed by atoms with Gasteiger partial charge in [0.25, 0.3) is 5.91 Å². The van der Waals surface area contributed by atoms with Gasteiger partial charge in [0.2, 0.25) is 0 Å². The highest BCUT2D eigenvalue weighted by molar-refractivity contribution is 5.93. The molecule has 1 amide bonds. The average molecular weight is 435 g/mol. The first-order valence-corrected chi connectivity index (χ1v) is 11.5. The number of benzene rings is 2. The maximum atomic E-state index is 11.5. The van der Waals surface area contributed by atoms with E-state index in [1.54, 1.807) is 17.6 Å². The van der Waals surface area contributed by atoms with Crippen LogP contribution in [0.2, 0.25) is 0 Å². The largest absolute Gasteiger partial charge is 0.313 e. The molecule has 2 aromatic rings. The van der Waals surface area contributed by atoms with Crippen LogP contribution in [0.25, 0.3) is 5.57 Å². The molecule has 32 heavy (non-hydrogen) atoms. The third kappa shape index (κ3) is 5.27. The quantitative estimate of drug-likeness (QED) is 0.481. The van der Waals surface area contributed by atoms with Crippen molar-refractivity contribution in [2.75, 3.05) is 26.2 Å². The second-order valence-corrected chi connectivity index (χ2v) is 9.04. The SMILES string of the molecule is CC1CN(Cc2ccc(C(=O)NO)cc2)CC(C)N1Cc1ccccc1C1=CCNCC1. The molecule has 2 aliphatic rings. The van der Waals surface area contributed by atoms with Crippen LogP contribution in [0.15, 0.2) is 54.6 Å². The molecule has 2 atom stereocenters. The second-order valence-electron chi connectivity index (χ2n) is 9.04. The fourth-order valence-corrected chi connectivity index (χ4v) is 5.03. The second kappa shape index (κ2) is 10.4. The molecule has 6 heteroatoms. The molecule has 2 aliphatic heterocycles. The Morgan fingerprint density at radius 1 is 1.06 bits per heavy atom. The number of nitrogens with one attached hydrogen (secondary N) is 2. The number of carbonyl (C=O) groups is 1. The summed E-state index contributed by atoms with van der Waals surface area (Å²) in [5, 5.41) is 12.2. The standard InChI is InChI=1S/C26H34N4O2/c1-19-15-29(17-21-7-9-23(10-8-21)26(31)28-32)16-20(2)30(19)18-24-5-3-4-6-25(24)22-11-13-27-14-12-22/h3-11,19-20,27,32H,12-18H2,1-2H3,(H,28,31). The Hall–Kier alpha value is -2.51. The number of hydrogen-bond acceptors (Lipinski definition) is 5. The molecular formula is C26H34N4O2. The van der Waals surface area contributed by atoms with Gasteiger partial charge < -0.3 is 5.32 Å². The third-order valence-corrected chi connectivity index (χ3v) is 6.68. The van der Waals surface area contributed by atoms with Gasteiger partial charge in [0, 0.05) is 50.4 Å². The highest BCUT2D eigenvalue weighted by Gasteiger charge is 2.30. The van der Waals surface area contributed by atoms with Crippen molar-refractivity contribution >= 4 is 11.5 Å². The van der Waals surface area contributed by atoms with Gasteiger partial charge in [-0.1, -0.05) is 42.5 Å². The first-order chi connectivity index (χ1) is 15.5. The first kappa shape index (κ1) is 22.7. The number of hydroxylamine groups is 1. The minimum atomic E-state index is -0.479. The van der Waals surface area contributed by atoms with Crippen molar-refractivity contribution in [3.8, 4) is 0 Å². The van der Waals surface area contributed by atoms with Crippen LogP contribution in [-0.4, -0.2) is 59.2 Å². The van der Waals surface area contributed by atoms with Gasteiger partial charge in [-0.05, 0) is 61.2 Å². The van der Waals surface area contributed by atoms with Gasteiger partial charge in [0.1, 0.15) is 0 Å². The zero-order valence-corrected chi connectivity index (χ0v) is 19.1. The van der Waals surface area contributed by atoms with Gasteiger partial charge in [-0.25, -0.2) is 5.48 Å². The number of nitrogens with zero attached hydrogens (tertiary/aromatic N) is 2. The predicted octanol–water partition coefficient (Wildman–Crippen LogP) is 3.28. The molecule has 1 saturated heterocycles. The lowest BCUT2D eigenvalue weighted by molar-refractivity contribution is 0.0290. The predicted molar refractivity (Wildman–Crippen MR) is 127 cm³/mol. The van der Waals surface area contributed by atoms with Crippen molar-refractivity contribution in [1.82, 2.24) is 20.6 Å². The maximum absolute atomic E-state index is 11.5. The van der Waals surface area contributed by atoms with Crippen LogP contribution in [0, 0.1) is 0 Å². The molecule has 0 bridgehead atoms. The fraction of sp³-hybridized carbons (Fsp3) is 0.423. The number of rotatable bonds is 6. The third-order valence-electron chi connectivity index (χ3n) is 6.68. The Morgan fingerprint density at radius 2 is 1.78 bits per heavy atom. The summed E-state index contributed by atoms with van der Waals surface area (Å²) in [6.45, 7) is 10.5. The van der Waals surface area contributed by atoms with Crippen molar-refractivity contribution < 1.29 is 10.0 Å². The van der Waals surface area contributed by atoms with Crippen LogP contribution in [0.5, 0.6) is 0 Å². The number of piperazine rings is 1. The van der Waals surface area contributed by atoms with Gasteiger partial charge in [0.15, 0.2) is 0 Å². The van der Waals surface area contributed by atoms with Crippen LogP contribution >= 0.6 is 0 Å². The number of hydrogen-bond donors (Lipinski definition) is 3. The van der Waals surface area contributed by atoms with Crippen LogP contribution in [0.1, 0.15) is 47.3 Å². The van der Waals surface area contributed by atoms with E-state index in [1.807, 2.05) is 12.1 Å². The molecule has 2 unspecified atom stereocenters. The van der Waals surface area contributed by atoms with E-state index in [0.717, 1.165) is 45.7 Å². The number of carbonyl (C=O) groups excluding carboxylic acids is 1. The molecule has 2 heterocycles. The Morgan fingerprint density at radius 3 is 2.44 bits per heavy atom. The Labute approximate surface area is 190 Å². The lowest BCUT2D eigenvalue weighted by Gasteiger charge is -2.45. The maximum Gasteiger partial charge on any atom is 0.274 e. The van der Waals surface area contributed by atoms with Gasteiger partial charge in [0.05, 0.1) is 0 Å². The fourth-order valence-electron chi connectivity index (χ4n) is 5.03. The zero-order chi connectivity index (χ0) is 22.5. The molecular weight excluding hydrogens is 400 g/mol. The van der Waals surface area contributed by atoms with Crippen LogP contribution < -0.4 is 10.8 Å². The summed E-state index contributed by atoms with van der Waals surface area (Å²) in [5.41, 5.74) is 7.62. The summed E-state index contributed by atoms with van der Waals surface area (Å²) in [7, 11) is 0. The Bertz CT molecular complexity index is 945. The van der Waals surface area contributed by atoms with Crippen molar-refractivity contribution in [3.63, 3.8) is 0 Å². The highest BCUT2D eigenvalue weighted by Crippen LogP contribution is 2.27.